The highest BCUT2D eigenvalue weighted by Crippen LogP contribution is 2.40. The average Bonchev–Trinajstić information content (AvgIpc) is 3.51. The van der Waals surface area contributed by atoms with Crippen molar-refractivity contribution in [1.82, 2.24) is 14.9 Å². The summed E-state index contributed by atoms with van der Waals surface area (Å²) in [5.74, 6) is 1.41. The maximum Gasteiger partial charge on any atom is 0.254 e. The summed E-state index contributed by atoms with van der Waals surface area (Å²) >= 11 is 0. The van der Waals surface area contributed by atoms with Gasteiger partial charge in [0, 0.05) is 36.0 Å². The number of carbonyl (C=O) groups excluding carboxylic acids is 1. The molecule has 28 heavy (non-hydrogen) atoms. The van der Waals surface area contributed by atoms with Crippen molar-refractivity contribution in [1.29, 1.82) is 0 Å². The van der Waals surface area contributed by atoms with Crippen LogP contribution < -0.4 is 0 Å². The van der Waals surface area contributed by atoms with Crippen LogP contribution in [0.4, 0.5) is 0 Å². The van der Waals surface area contributed by atoms with Crippen LogP contribution >= 0.6 is 0 Å². The van der Waals surface area contributed by atoms with Gasteiger partial charge < -0.3 is 9.32 Å². The minimum atomic E-state index is 0.108. The third-order valence-electron chi connectivity index (χ3n) is 5.93. The van der Waals surface area contributed by atoms with Crippen LogP contribution in [0.25, 0.3) is 11.1 Å². The van der Waals surface area contributed by atoms with Crippen molar-refractivity contribution in [3.63, 3.8) is 0 Å². The Labute approximate surface area is 164 Å². The molecule has 1 aliphatic heterocycles. The lowest BCUT2D eigenvalue weighted by Crippen LogP contribution is -2.44. The van der Waals surface area contributed by atoms with Gasteiger partial charge in [0.25, 0.3) is 5.91 Å². The van der Waals surface area contributed by atoms with Gasteiger partial charge in [0.1, 0.15) is 5.52 Å². The summed E-state index contributed by atoms with van der Waals surface area (Å²) in [5.41, 5.74) is 3.38. The lowest BCUT2D eigenvalue weighted by molar-refractivity contribution is 0.0601. The number of likely N-dealkylation sites (tertiary alicyclic amines) is 1. The van der Waals surface area contributed by atoms with Crippen molar-refractivity contribution in [3.05, 3.63) is 59.7 Å². The molecule has 1 amide bonds. The summed E-state index contributed by atoms with van der Waals surface area (Å²) in [6, 6.07) is 12.0. The van der Waals surface area contributed by atoms with Crippen molar-refractivity contribution in [3.8, 4) is 0 Å². The summed E-state index contributed by atoms with van der Waals surface area (Å²) in [6.45, 7) is 0.827. The number of rotatable bonds is 5. The topological polar surface area (TPSA) is 59.2 Å². The van der Waals surface area contributed by atoms with E-state index >= 15 is 0 Å². The van der Waals surface area contributed by atoms with E-state index in [1.54, 1.807) is 0 Å². The van der Waals surface area contributed by atoms with Crippen LogP contribution in [0, 0.1) is 0 Å². The zero-order valence-corrected chi connectivity index (χ0v) is 16.0. The molecule has 1 aromatic carbocycles. The molecule has 2 aromatic heterocycles. The molecule has 1 atom stereocenters. The van der Waals surface area contributed by atoms with Crippen molar-refractivity contribution in [2.45, 2.75) is 56.9 Å². The number of piperidine rings is 1. The standard InChI is InChI=1S/C23H25N3O2/c27-23(17-9-12-20-21(15-17)28-22(25-20)16-7-8-16)26-14-4-2-6-19(26)11-10-18-5-1-3-13-24-18/h1,3,5,9,12-13,15-16,19H,2,4,6-8,10-11,14H2. The molecule has 0 spiro atoms. The molecule has 144 valence electrons. The van der Waals surface area contributed by atoms with Gasteiger partial charge in [0.15, 0.2) is 11.5 Å². The van der Waals surface area contributed by atoms with Gasteiger partial charge in [-0.2, -0.15) is 0 Å². The second-order valence-corrected chi connectivity index (χ2v) is 8.02. The van der Waals surface area contributed by atoms with E-state index < -0.39 is 0 Å². The highest BCUT2D eigenvalue weighted by molar-refractivity contribution is 5.97. The van der Waals surface area contributed by atoms with Gasteiger partial charge in [0.05, 0.1) is 0 Å². The first-order chi connectivity index (χ1) is 13.8. The number of amides is 1. The molecular formula is C23H25N3O2. The first kappa shape index (κ1) is 17.4. The molecule has 1 aliphatic carbocycles. The van der Waals surface area contributed by atoms with E-state index in [1.807, 2.05) is 36.5 Å². The van der Waals surface area contributed by atoms with E-state index in [0.29, 0.717) is 11.5 Å². The highest BCUT2D eigenvalue weighted by atomic mass is 16.3. The third-order valence-corrected chi connectivity index (χ3v) is 5.93. The summed E-state index contributed by atoms with van der Waals surface area (Å²) in [5, 5.41) is 0. The predicted octanol–water partition coefficient (Wildman–Crippen LogP) is 4.73. The minimum Gasteiger partial charge on any atom is -0.440 e. The smallest absolute Gasteiger partial charge is 0.254 e. The zero-order chi connectivity index (χ0) is 18.9. The second kappa shape index (κ2) is 7.38. The van der Waals surface area contributed by atoms with E-state index in [-0.39, 0.29) is 11.9 Å². The number of fused-ring (bicyclic) bond motifs is 1. The molecule has 2 fully saturated rings. The first-order valence-corrected chi connectivity index (χ1v) is 10.4. The second-order valence-electron chi connectivity index (χ2n) is 8.02. The zero-order valence-electron chi connectivity index (χ0n) is 16.0. The number of hydrogen-bond donors (Lipinski definition) is 0. The Morgan fingerprint density at radius 2 is 2.07 bits per heavy atom. The van der Waals surface area contributed by atoms with Crippen molar-refractivity contribution < 1.29 is 9.21 Å². The van der Waals surface area contributed by atoms with Crippen LogP contribution in [0.5, 0.6) is 0 Å². The Kier molecular flexibility index (Phi) is 4.59. The van der Waals surface area contributed by atoms with E-state index in [0.717, 1.165) is 67.8 Å². The monoisotopic (exact) mass is 375 g/mol. The molecule has 3 heterocycles. The number of oxazole rings is 1. The fourth-order valence-corrected chi connectivity index (χ4v) is 4.17. The van der Waals surface area contributed by atoms with Gasteiger partial charge >= 0.3 is 0 Å². The maximum atomic E-state index is 13.3. The summed E-state index contributed by atoms with van der Waals surface area (Å²) in [4.78, 5) is 24.3. The molecule has 5 nitrogen and oxygen atoms in total. The van der Waals surface area contributed by atoms with Crippen molar-refractivity contribution in [2.75, 3.05) is 6.54 Å². The molecule has 2 aliphatic rings. The largest absolute Gasteiger partial charge is 0.440 e. The van der Waals surface area contributed by atoms with Gasteiger partial charge in [-0.3, -0.25) is 9.78 Å². The Balaban J connectivity index is 1.33. The van der Waals surface area contributed by atoms with Crippen LogP contribution in [0.3, 0.4) is 0 Å². The van der Waals surface area contributed by atoms with E-state index in [9.17, 15) is 4.79 Å². The number of hydrogen-bond acceptors (Lipinski definition) is 4. The molecule has 5 rings (SSSR count). The van der Waals surface area contributed by atoms with Crippen LogP contribution in [0.1, 0.15) is 66.4 Å². The average molecular weight is 375 g/mol. The minimum absolute atomic E-state index is 0.108. The number of nitrogens with zero attached hydrogens (tertiary/aromatic N) is 3. The van der Waals surface area contributed by atoms with Crippen molar-refractivity contribution in [2.24, 2.45) is 0 Å². The molecular weight excluding hydrogens is 350 g/mol. The van der Waals surface area contributed by atoms with Gasteiger partial charge in [-0.1, -0.05) is 6.07 Å². The van der Waals surface area contributed by atoms with Gasteiger partial charge in [-0.05, 0) is 75.3 Å². The van der Waals surface area contributed by atoms with Crippen LogP contribution in [-0.2, 0) is 6.42 Å². The van der Waals surface area contributed by atoms with Gasteiger partial charge in [0.2, 0.25) is 0 Å². The van der Waals surface area contributed by atoms with Crippen LogP contribution in [-0.4, -0.2) is 33.4 Å². The molecule has 1 saturated heterocycles. The van der Waals surface area contributed by atoms with E-state index in [2.05, 4.69) is 20.9 Å². The molecule has 1 saturated carbocycles. The number of aryl methyl sites for hydroxylation is 1. The van der Waals surface area contributed by atoms with Gasteiger partial charge in [-0.25, -0.2) is 4.98 Å². The summed E-state index contributed by atoms with van der Waals surface area (Å²) in [6.07, 6.45) is 9.33. The lowest BCUT2D eigenvalue weighted by atomic mass is 9.96. The molecule has 0 radical (unpaired) electrons. The number of benzene rings is 1. The fourth-order valence-electron chi connectivity index (χ4n) is 4.17. The quantitative estimate of drug-likeness (QED) is 0.647. The van der Waals surface area contributed by atoms with E-state index in [1.165, 1.54) is 6.42 Å². The van der Waals surface area contributed by atoms with Crippen LogP contribution in [0.2, 0.25) is 0 Å². The molecule has 1 unspecified atom stereocenters. The number of carbonyl (C=O) groups is 1. The third kappa shape index (κ3) is 3.53. The number of aromatic nitrogens is 2. The number of pyridine rings is 1. The highest BCUT2D eigenvalue weighted by Gasteiger charge is 2.30. The maximum absolute atomic E-state index is 13.3. The molecule has 5 heteroatoms. The first-order valence-electron chi connectivity index (χ1n) is 10.4. The Hall–Kier alpha value is -2.69. The summed E-state index contributed by atoms with van der Waals surface area (Å²) in [7, 11) is 0. The molecule has 3 aromatic rings. The van der Waals surface area contributed by atoms with Crippen LogP contribution in [0.15, 0.2) is 47.0 Å². The molecule has 0 N–H and O–H groups in total. The normalized spacial score (nSPS) is 19.9. The molecule has 0 bridgehead atoms. The van der Waals surface area contributed by atoms with E-state index in [4.69, 9.17) is 4.42 Å². The predicted molar refractivity (Wildman–Crippen MR) is 107 cm³/mol. The SMILES string of the molecule is O=C(c1ccc2nc(C3CC3)oc2c1)N1CCCCC1CCc1ccccn1. The Morgan fingerprint density at radius 1 is 1.14 bits per heavy atom. The van der Waals surface area contributed by atoms with Gasteiger partial charge in [-0.15, -0.1) is 0 Å². The summed E-state index contributed by atoms with van der Waals surface area (Å²) < 4.78 is 5.91. The Morgan fingerprint density at radius 3 is 2.89 bits per heavy atom. The lowest BCUT2D eigenvalue weighted by Gasteiger charge is -2.36. The Bertz CT molecular complexity index is 978. The fraction of sp³-hybridized carbons (Fsp3) is 0.435. The van der Waals surface area contributed by atoms with Crippen molar-refractivity contribution >= 4 is 17.0 Å².